The van der Waals surface area contributed by atoms with Crippen molar-refractivity contribution in [2.75, 3.05) is 26.2 Å². The van der Waals surface area contributed by atoms with Gasteiger partial charge >= 0.3 is 0 Å². The maximum Gasteiger partial charge on any atom is 0.0558 e. The topological polar surface area (TPSA) is 35.5 Å². The second kappa shape index (κ2) is 8.35. The molecule has 2 rings (SSSR count). The molecule has 3 nitrogen and oxygen atoms in total. The van der Waals surface area contributed by atoms with E-state index in [0.29, 0.717) is 12.6 Å². The fourth-order valence-corrected chi connectivity index (χ4v) is 4.06. The molecule has 0 amide bonds. The van der Waals surface area contributed by atoms with Gasteiger partial charge in [-0.2, -0.15) is 0 Å². The lowest BCUT2D eigenvalue weighted by molar-refractivity contribution is 0.115. The van der Waals surface area contributed by atoms with Crippen molar-refractivity contribution in [2.45, 2.75) is 70.9 Å². The third-order valence-corrected chi connectivity index (χ3v) is 5.17. The molecule has 0 saturated heterocycles. The summed E-state index contributed by atoms with van der Waals surface area (Å²) >= 11 is 0. The molecule has 0 heterocycles. The standard InChI is InChI=1S/C17H34N2O/c1-3-5-14-6-9-17(18-4-2)15(12-14)13-19(10-11-20)16-7-8-16/h14-18,20H,3-13H2,1-2H3. The van der Waals surface area contributed by atoms with Gasteiger partial charge in [0, 0.05) is 25.2 Å². The average molecular weight is 282 g/mol. The molecule has 0 aromatic heterocycles. The fourth-order valence-electron chi connectivity index (χ4n) is 4.06. The molecule has 0 radical (unpaired) electrons. The minimum Gasteiger partial charge on any atom is -0.395 e. The Morgan fingerprint density at radius 2 is 1.95 bits per heavy atom. The van der Waals surface area contributed by atoms with E-state index < -0.39 is 0 Å². The van der Waals surface area contributed by atoms with Crippen molar-refractivity contribution in [2.24, 2.45) is 11.8 Å². The lowest BCUT2D eigenvalue weighted by atomic mass is 9.76. The van der Waals surface area contributed by atoms with Crippen molar-refractivity contribution in [1.29, 1.82) is 0 Å². The van der Waals surface area contributed by atoms with E-state index >= 15 is 0 Å². The SMILES string of the molecule is CCCC1CCC(NCC)C(CN(CCO)C2CC2)C1. The van der Waals surface area contributed by atoms with Crippen LogP contribution in [-0.4, -0.2) is 48.3 Å². The maximum absolute atomic E-state index is 9.29. The van der Waals surface area contributed by atoms with Gasteiger partial charge in [-0.3, -0.25) is 4.90 Å². The highest BCUT2D eigenvalue weighted by Gasteiger charge is 2.35. The van der Waals surface area contributed by atoms with E-state index in [4.69, 9.17) is 0 Å². The number of nitrogens with zero attached hydrogens (tertiary/aromatic N) is 1. The molecule has 2 fully saturated rings. The van der Waals surface area contributed by atoms with Crippen molar-refractivity contribution in [3.8, 4) is 0 Å². The van der Waals surface area contributed by atoms with Crippen LogP contribution in [0.2, 0.25) is 0 Å². The summed E-state index contributed by atoms with van der Waals surface area (Å²) in [5.41, 5.74) is 0. The number of nitrogens with one attached hydrogen (secondary N) is 1. The Balaban J connectivity index is 1.90. The zero-order valence-electron chi connectivity index (χ0n) is 13.5. The van der Waals surface area contributed by atoms with Crippen molar-refractivity contribution in [3.05, 3.63) is 0 Å². The summed E-state index contributed by atoms with van der Waals surface area (Å²) < 4.78 is 0. The first-order valence-corrected chi connectivity index (χ1v) is 8.86. The Labute approximate surface area is 125 Å². The molecular weight excluding hydrogens is 248 g/mol. The minimum atomic E-state index is 0.313. The summed E-state index contributed by atoms with van der Waals surface area (Å²) in [6, 6.07) is 1.48. The summed E-state index contributed by atoms with van der Waals surface area (Å²) in [5.74, 6) is 1.72. The summed E-state index contributed by atoms with van der Waals surface area (Å²) in [6.45, 7) is 8.01. The van der Waals surface area contributed by atoms with E-state index in [9.17, 15) is 5.11 Å². The van der Waals surface area contributed by atoms with Crippen molar-refractivity contribution >= 4 is 0 Å². The van der Waals surface area contributed by atoms with Gasteiger partial charge in [-0.1, -0.05) is 26.7 Å². The van der Waals surface area contributed by atoms with Gasteiger partial charge in [-0.15, -0.1) is 0 Å². The van der Waals surface area contributed by atoms with Crippen LogP contribution in [0.15, 0.2) is 0 Å². The normalized spacial score (nSPS) is 30.9. The van der Waals surface area contributed by atoms with Gasteiger partial charge < -0.3 is 10.4 Å². The van der Waals surface area contributed by atoms with Crippen LogP contribution in [0.4, 0.5) is 0 Å². The van der Waals surface area contributed by atoms with Crippen LogP contribution < -0.4 is 5.32 Å². The van der Waals surface area contributed by atoms with E-state index in [2.05, 4.69) is 24.1 Å². The summed E-state index contributed by atoms with van der Waals surface area (Å²) in [7, 11) is 0. The van der Waals surface area contributed by atoms with Crippen LogP contribution >= 0.6 is 0 Å². The third kappa shape index (κ3) is 4.71. The highest BCUT2D eigenvalue weighted by Crippen LogP contribution is 2.35. The summed E-state index contributed by atoms with van der Waals surface area (Å²) in [5, 5.41) is 13.0. The lowest BCUT2D eigenvalue weighted by Gasteiger charge is -2.39. The van der Waals surface area contributed by atoms with Crippen LogP contribution in [-0.2, 0) is 0 Å². The van der Waals surface area contributed by atoms with Gasteiger partial charge in [0.1, 0.15) is 0 Å². The predicted molar refractivity (Wildman–Crippen MR) is 84.9 cm³/mol. The molecule has 2 saturated carbocycles. The molecule has 0 aliphatic heterocycles. The highest BCUT2D eigenvalue weighted by atomic mass is 16.3. The van der Waals surface area contributed by atoms with Gasteiger partial charge in [0.05, 0.1) is 6.61 Å². The molecule has 0 bridgehead atoms. The molecule has 0 spiro atoms. The van der Waals surface area contributed by atoms with Gasteiger partial charge in [0.2, 0.25) is 0 Å². The third-order valence-electron chi connectivity index (χ3n) is 5.17. The van der Waals surface area contributed by atoms with E-state index in [0.717, 1.165) is 31.0 Å². The van der Waals surface area contributed by atoms with Gasteiger partial charge in [0.25, 0.3) is 0 Å². The molecule has 0 aromatic carbocycles. The Morgan fingerprint density at radius 1 is 1.15 bits per heavy atom. The number of aliphatic hydroxyl groups is 1. The highest BCUT2D eigenvalue weighted by molar-refractivity contribution is 4.91. The monoisotopic (exact) mass is 282 g/mol. The first-order valence-electron chi connectivity index (χ1n) is 8.86. The van der Waals surface area contributed by atoms with Crippen molar-refractivity contribution in [1.82, 2.24) is 10.2 Å². The second-order valence-corrected chi connectivity index (χ2v) is 6.84. The Hall–Kier alpha value is -0.120. The number of rotatable bonds is 9. The smallest absolute Gasteiger partial charge is 0.0558 e. The molecule has 2 aliphatic carbocycles. The predicted octanol–water partition coefficient (Wildman–Crippen LogP) is 2.64. The zero-order chi connectivity index (χ0) is 14.4. The molecule has 3 heteroatoms. The first-order chi connectivity index (χ1) is 9.78. The summed E-state index contributed by atoms with van der Waals surface area (Å²) in [4.78, 5) is 2.56. The first kappa shape index (κ1) is 16.3. The summed E-state index contributed by atoms with van der Waals surface area (Å²) in [6.07, 6.45) is 9.56. The number of aliphatic hydroxyl groups excluding tert-OH is 1. The molecule has 2 aliphatic rings. The quantitative estimate of drug-likeness (QED) is 0.682. The van der Waals surface area contributed by atoms with Crippen LogP contribution in [0, 0.1) is 11.8 Å². The van der Waals surface area contributed by atoms with E-state index in [-0.39, 0.29) is 0 Å². The number of hydrogen-bond acceptors (Lipinski definition) is 3. The van der Waals surface area contributed by atoms with E-state index in [1.165, 1.54) is 51.5 Å². The van der Waals surface area contributed by atoms with Crippen LogP contribution in [0.1, 0.15) is 58.8 Å². The average Bonchev–Trinajstić information content (AvgIpc) is 3.26. The van der Waals surface area contributed by atoms with Gasteiger partial charge in [-0.05, 0) is 50.5 Å². The van der Waals surface area contributed by atoms with Crippen molar-refractivity contribution < 1.29 is 5.11 Å². The zero-order valence-corrected chi connectivity index (χ0v) is 13.5. The Morgan fingerprint density at radius 3 is 2.55 bits per heavy atom. The Kier molecular flexibility index (Phi) is 6.79. The van der Waals surface area contributed by atoms with Crippen LogP contribution in [0.3, 0.4) is 0 Å². The number of hydrogen-bond donors (Lipinski definition) is 2. The molecule has 3 atom stereocenters. The molecule has 118 valence electrons. The van der Waals surface area contributed by atoms with Crippen molar-refractivity contribution in [3.63, 3.8) is 0 Å². The second-order valence-electron chi connectivity index (χ2n) is 6.84. The molecular formula is C17H34N2O. The van der Waals surface area contributed by atoms with E-state index in [1.54, 1.807) is 0 Å². The maximum atomic E-state index is 9.29. The van der Waals surface area contributed by atoms with Gasteiger partial charge in [-0.25, -0.2) is 0 Å². The Bertz CT molecular complexity index is 268. The largest absolute Gasteiger partial charge is 0.395 e. The molecule has 3 unspecified atom stereocenters. The molecule has 0 aromatic rings. The van der Waals surface area contributed by atoms with Gasteiger partial charge in [0.15, 0.2) is 0 Å². The molecule has 20 heavy (non-hydrogen) atoms. The molecule has 2 N–H and O–H groups in total. The van der Waals surface area contributed by atoms with Crippen LogP contribution in [0.25, 0.3) is 0 Å². The lowest BCUT2D eigenvalue weighted by Crippen LogP contribution is -2.46. The minimum absolute atomic E-state index is 0.313. The van der Waals surface area contributed by atoms with Crippen LogP contribution in [0.5, 0.6) is 0 Å². The van der Waals surface area contributed by atoms with E-state index in [1.807, 2.05) is 0 Å². The fraction of sp³-hybridized carbons (Fsp3) is 1.00.